The fourth-order valence-corrected chi connectivity index (χ4v) is 4.59. The maximum absolute atomic E-state index is 13.1. The maximum Gasteiger partial charge on any atom is 0.441 e. The maximum atomic E-state index is 13.1. The van der Waals surface area contributed by atoms with Crippen molar-refractivity contribution in [2.75, 3.05) is 14.2 Å². The quantitative estimate of drug-likeness (QED) is 0.190. The Labute approximate surface area is 195 Å². The standard InChI is InChI=1S/C25H24N4O5/c1-33-24(31)20-12-17-16-10-6-7-11-18(16)27-22(17)19(13-21(30)23(28-26)25(32)34-2)29(20)14-15-8-4-3-5-9-15/h3-11,19-20,27H,12-14H2,1-2H3/t19-,20+/m0/s1. The van der Waals surface area contributed by atoms with Crippen LogP contribution in [0.1, 0.15) is 29.3 Å². The summed E-state index contributed by atoms with van der Waals surface area (Å²) in [5.41, 5.74) is 12.1. The predicted octanol–water partition coefficient (Wildman–Crippen LogP) is 2.61. The third kappa shape index (κ3) is 4.26. The van der Waals surface area contributed by atoms with Crippen molar-refractivity contribution in [3.63, 3.8) is 0 Å². The number of methoxy groups -OCH3 is 2. The minimum Gasteiger partial charge on any atom is -0.468 e. The van der Waals surface area contributed by atoms with Crippen LogP contribution < -0.4 is 0 Å². The van der Waals surface area contributed by atoms with Gasteiger partial charge in [-0.25, -0.2) is 4.79 Å². The summed E-state index contributed by atoms with van der Waals surface area (Å²) >= 11 is 0. The molecule has 4 rings (SSSR count). The molecular weight excluding hydrogens is 436 g/mol. The molecule has 2 heterocycles. The number of aromatic amines is 1. The van der Waals surface area contributed by atoms with Gasteiger partial charge in [-0.2, -0.15) is 4.79 Å². The minimum atomic E-state index is -1.03. The second-order valence-electron chi connectivity index (χ2n) is 8.05. The molecule has 0 bridgehead atoms. The first-order valence-electron chi connectivity index (χ1n) is 10.8. The number of carbonyl (C=O) groups is 3. The third-order valence-electron chi connectivity index (χ3n) is 6.18. The van der Waals surface area contributed by atoms with Gasteiger partial charge in [-0.3, -0.25) is 14.5 Å². The van der Waals surface area contributed by atoms with Crippen molar-refractivity contribution < 1.29 is 28.6 Å². The Morgan fingerprint density at radius 1 is 1.06 bits per heavy atom. The Balaban J connectivity index is 1.84. The summed E-state index contributed by atoms with van der Waals surface area (Å²) in [5.74, 6) is -2.15. The number of H-pyrrole nitrogens is 1. The lowest BCUT2D eigenvalue weighted by Gasteiger charge is -2.40. The molecule has 174 valence electrons. The van der Waals surface area contributed by atoms with Gasteiger partial charge in [-0.15, -0.1) is 0 Å². The van der Waals surface area contributed by atoms with Crippen molar-refractivity contribution in [1.29, 1.82) is 0 Å². The monoisotopic (exact) mass is 460 g/mol. The molecule has 0 spiro atoms. The molecule has 9 heteroatoms. The van der Waals surface area contributed by atoms with E-state index in [1.165, 1.54) is 7.11 Å². The van der Waals surface area contributed by atoms with Gasteiger partial charge >= 0.3 is 17.7 Å². The Morgan fingerprint density at radius 2 is 1.76 bits per heavy atom. The van der Waals surface area contributed by atoms with Gasteiger partial charge in [0.15, 0.2) is 0 Å². The molecule has 1 N–H and O–H groups in total. The van der Waals surface area contributed by atoms with E-state index in [1.54, 1.807) is 0 Å². The van der Waals surface area contributed by atoms with Crippen molar-refractivity contribution in [1.82, 2.24) is 9.88 Å². The van der Waals surface area contributed by atoms with E-state index in [0.717, 1.165) is 34.8 Å². The van der Waals surface area contributed by atoms with Crippen LogP contribution in [-0.4, -0.2) is 58.4 Å². The van der Waals surface area contributed by atoms with Crippen molar-refractivity contribution in [3.8, 4) is 0 Å². The predicted molar refractivity (Wildman–Crippen MR) is 123 cm³/mol. The van der Waals surface area contributed by atoms with Crippen molar-refractivity contribution in [3.05, 3.63) is 76.9 Å². The highest BCUT2D eigenvalue weighted by molar-refractivity contribution is 6.62. The molecule has 2 aromatic carbocycles. The molecule has 0 fully saturated rings. The highest BCUT2D eigenvalue weighted by Gasteiger charge is 2.43. The van der Waals surface area contributed by atoms with Crippen LogP contribution in [0.2, 0.25) is 0 Å². The number of aromatic nitrogens is 1. The zero-order valence-corrected chi connectivity index (χ0v) is 18.9. The van der Waals surface area contributed by atoms with Crippen molar-refractivity contribution in [2.45, 2.75) is 31.5 Å². The van der Waals surface area contributed by atoms with Crippen LogP contribution in [0.15, 0.2) is 54.6 Å². The first-order chi connectivity index (χ1) is 16.5. The average Bonchev–Trinajstić information content (AvgIpc) is 3.24. The van der Waals surface area contributed by atoms with Crippen LogP contribution in [0.4, 0.5) is 0 Å². The van der Waals surface area contributed by atoms with Crippen molar-refractivity contribution in [2.24, 2.45) is 0 Å². The SMILES string of the molecule is COC(=O)C(=[N+]=[N-])C(=O)C[C@H]1c2[nH]c3ccccc3c2C[C@H](C(=O)OC)N1Cc1ccccc1. The number of Topliss-reactive ketones (excluding diaryl/α,β-unsaturated/α-hetero) is 1. The van der Waals surface area contributed by atoms with Crippen LogP contribution in [0.25, 0.3) is 16.4 Å². The molecule has 0 saturated carbocycles. The first kappa shape index (κ1) is 23.1. The molecule has 0 saturated heterocycles. The van der Waals surface area contributed by atoms with Crippen LogP contribution >= 0.6 is 0 Å². The summed E-state index contributed by atoms with van der Waals surface area (Å²) in [5, 5.41) is 0.951. The minimum absolute atomic E-state index is 0.214. The normalized spacial score (nSPS) is 17.5. The number of nitrogens with zero attached hydrogens (tertiary/aromatic N) is 3. The second kappa shape index (κ2) is 9.82. The fourth-order valence-electron chi connectivity index (χ4n) is 4.59. The molecular formula is C25H24N4O5. The molecule has 3 aromatic rings. The summed E-state index contributed by atoms with van der Waals surface area (Å²) in [6.07, 6.45) is 0.177. The smallest absolute Gasteiger partial charge is 0.441 e. The Morgan fingerprint density at radius 3 is 2.44 bits per heavy atom. The third-order valence-corrected chi connectivity index (χ3v) is 6.18. The largest absolute Gasteiger partial charge is 0.468 e. The number of ether oxygens (including phenoxy) is 2. The van der Waals surface area contributed by atoms with E-state index in [2.05, 4.69) is 14.5 Å². The summed E-state index contributed by atoms with van der Waals surface area (Å²) in [7, 11) is 2.44. The van der Waals surface area contributed by atoms with Gasteiger partial charge < -0.3 is 20.0 Å². The van der Waals surface area contributed by atoms with Crippen LogP contribution in [0.5, 0.6) is 0 Å². The molecule has 34 heavy (non-hydrogen) atoms. The van der Waals surface area contributed by atoms with E-state index >= 15 is 0 Å². The van der Waals surface area contributed by atoms with E-state index in [1.807, 2.05) is 59.5 Å². The molecule has 0 amide bonds. The lowest BCUT2D eigenvalue weighted by atomic mass is 9.88. The zero-order valence-electron chi connectivity index (χ0n) is 18.9. The molecule has 1 aliphatic rings. The van der Waals surface area contributed by atoms with Gasteiger partial charge in [0.25, 0.3) is 5.78 Å². The highest BCUT2D eigenvalue weighted by Crippen LogP contribution is 2.40. The van der Waals surface area contributed by atoms with Gasteiger partial charge in [-0.1, -0.05) is 48.5 Å². The van der Waals surface area contributed by atoms with E-state index in [0.29, 0.717) is 13.0 Å². The number of hydrogen-bond acceptors (Lipinski definition) is 6. The number of para-hydroxylation sites is 1. The van der Waals surface area contributed by atoms with Gasteiger partial charge in [0.05, 0.1) is 20.3 Å². The number of hydrogen-bond donors (Lipinski definition) is 1. The summed E-state index contributed by atoms with van der Waals surface area (Å²) in [6, 6.07) is 16.0. The molecule has 1 aliphatic heterocycles. The number of fused-ring (bicyclic) bond motifs is 3. The van der Waals surface area contributed by atoms with Crippen LogP contribution in [-0.2, 0) is 36.8 Å². The van der Waals surface area contributed by atoms with Crippen molar-refractivity contribution >= 4 is 34.3 Å². The van der Waals surface area contributed by atoms with Crippen LogP contribution in [0, 0.1) is 0 Å². The summed E-state index contributed by atoms with van der Waals surface area (Å²) in [4.78, 5) is 46.1. The Bertz CT molecular complexity index is 1290. The first-order valence-corrected chi connectivity index (χ1v) is 10.8. The topological polar surface area (TPSA) is 125 Å². The zero-order chi connectivity index (χ0) is 24.2. The summed E-state index contributed by atoms with van der Waals surface area (Å²) in [6.45, 7) is 0.358. The van der Waals surface area contributed by atoms with Gasteiger partial charge in [0, 0.05) is 36.0 Å². The average molecular weight is 460 g/mol. The molecule has 2 atom stereocenters. The highest BCUT2D eigenvalue weighted by atomic mass is 16.5. The molecule has 0 radical (unpaired) electrons. The van der Waals surface area contributed by atoms with Gasteiger partial charge in [0.2, 0.25) is 0 Å². The van der Waals surface area contributed by atoms with E-state index < -0.39 is 35.5 Å². The molecule has 1 aromatic heterocycles. The van der Waals surface area contributed by atoms with E-state index in [9.17, 15) is 19.9 Å². The number of ketones is 1. The number of rotatable bonds is 7. The molecule has 0 unspecified atom stereocenters. The lowest BCUT2D eigenvalue weighted by molar-refractivity contribution is -0.150. The Hall–Kier alpha value is -4.07. The second-order valence-corrected chi connectivity index (χ2v) is 8.05. The number of nitrogens with one attached hydrogen (secondary N) is 1. The van der Waals surface area contributed by atoms with Gasteiger partial charge in [-0.05, 0) is 17.2 Å². The molecule has 9 nitrogen and oxygen atoms in total. The molecule has 0 aliphatic carbocycles. The van der Waals surface area contributed by atoms with E-state index in [-0.39, 0.29) is 6.42 Å². The number of benzene rings is 2. The number of esters is 2. The van der Waals surface area contributed by atoms with E-state index in [4.69, 9.17) is 4.74 Å². The lowest BCUT2D eigenvalue weighted by Crippen LogP contribution is -2.49. The Kier molecular flexibility index (Phi) is 6.67. The fraction of sp³-hybridized carbons (Fsp3) is 0.280. The number of carbonyl (C=O) groups excluding carboxylic acids is 3. The van der Waals surface area contributed by atoms with Crippen LogP contribution in [0.3, 0.4) is 0 Å². The van der Waals surface area contributed by atoms with Gasteiger partial charge in [0.1, 0.15) is 6.04 Å². The summed E-state index contributed by atoms with van der Waals surface area (Å²) < 4.78 is 9.71.